The van der Waals surface area contributed by atoms with Crippen LogP contribution < -0.4 is 5.32 Å². The van der Waals surface area contributed by atoms with Crippen molar-refractivity contribution in [3.05, 3.63) is 51.7 Å². The molecule has 1 aromatic heterocycles. The summed E-state index contributed by atoms with van der Waals surface area (Å²) >= 11 is 0. The number of benzene rings is 1. The first-order chi connectivity index (χ1) is 8.56. The Bertz CT molecular complexity index is 578. The van der Waals surface area contributed by atoms with Crippen LogP contribution in [0.5, 0.6) is 0 Å². The number of nitro benzene ring substituents is 1. The van der Waals surface area contributed by atoms with Crippen LogP contribution in [-0.2, 0) is 6.54 Å². The van der Waals surface area contributed by atoms with E-state index < -0.39 is 4.92 Å². The molecule has 0 aliphatic heterocycles. The number of oxazole rings is 1. The zero-order chi connectivity index (χ0) is 13.1. The van der Waals surface area contributed by atoms with Gasteiger partial charge in [0.2, 0.25) is 5.89 Å². The number of nitrogens with one attached hydrogen (secondary N) is 1. The third-order valence-corrected chi connectivity index (χ3v) is 2.45. The van der Waals surface area contributed by atoms with Gasteiger partial charge in [0.1, 0.15) is 11.4 Å². The summed E-state index contributed by atoms with van der Waals surface area (Å²) in [7, 11) is 0. The Morgan fingerprint density at radius 1 is 1.44 bits per heavy atom. The van der Waals surface area contributed by atoms with Crippen molar-refractivity contribution in [3.8, 4) is 0 Å². The minimum Gasteiger partial charge on any atom is -0.444 e. The molecule has 2 rings (SSSR count). The first-order valence-corrected chi connectivity index (χ1v) is 5.46. The van der Waals surface area contributed by atoms with E-state index in [4.69, 9.17) is 4.42 Å². The van der Waals surface area contributed by atoms with Gasteiger partial charge in [0.05, 0.1) is 17.7 Å². The highest BCUT2D eigenvalue weighted by Gasteiger charge is 2.13. The Labute approximate surface area is 104 Å². The lowest BCUT2D eigenvalue weighted by atomic mass is 10.2. The zero-order valence-corrected chi connectivity index (χ0v) is 10.1. The number of hydrogen-bond donors (Lipinski definition) is 1. The number of aromatic nitrogens is 1. The molecule has 0 bridgehead atoms. The second kappa shape index (κ2) is 4.87. The summed E-state index contributed by atoms with van der Waals surface area (Å²) in [5, 5.41) is 13.9. The van der Waals surface area contributed by atoms with Crippen LogP contribution in [0.4, 0.5) is 11.4 Å². The number of aryl methyl sites for hydroxylation is 2. The highest BCUT2D eigenvalue weighted by atomic mass is 16.6. The molecule has 1 heterocycles. The molecule has 0 saturated carbocycles. The predicted molar refractivity (Wildman–Crippen MR) is 66.4 cm³/mol. The van der Waals surface area contributed by atoms with E-state index in [1.54, 1.807) is 19.2 Å². The van der Waals surface area contributed by atoms with Crippen molar-refractivity contribution in [3.63, 3.8) is 0 Å². The SMILES string of the molecule is Cc1ccc(NCc2ncc(C)o2)c([N+](=O)[O-])c1. The maximum Gasteiger partial charge on any atom is 0.292 e. The molecule has 6 nitrogen and oxygen atoms in total. The normalized spacial score (nSPS) is 10.3. The lowest BCUT2D eigenvalue weighted by Gasteiger charge is -2.05. The van der Waals surface area contributed by atoms with Crippen LogP contribution >= 0.6 is 0 Å². The average molecular weight is 247 g/mol. The molecule has 2 aromatic rings. The Hall–Kier alpha value is -2.37. The molecule has 0 saturated heterocycles. The lowest BCUT2D eigenvalue weighted by Crippen LogP contribution is -2.03. The number of hydrogen-bond acceptors (Lipinski definition) is 5. The van der Waals surface area contributed by atoms with Gasteiger partial charge in [-0.25, -0.2) is 4.98 Å². The highest BCUT2D eigenvalue weighted by Crippen LogP contribution is 2.25. The Kier molecular flexibility index (Phi) is 3.27. The van der Waals surface area contributed by atoms with E-state index in [-0.39, 0.29) is 5.69 Å². The molecule has 18 heavy (non-hydrogen) atoms. The van der Waals surface area contributed by atoms with Crippen LogP contribution in [0, 0.1) is 24.0 Å². The van der Waals surface area contributed by atoms with Crippen molar-refractivity contribution in [1.29, 1.82) is 0 Å². The van der Waals surface area contributed by atoms with Gasteiger partial charge in [-0.1, -0.05) is 6.07 Å². The smallest absolute Gasteiger partial charge is 0.292 e. The average Bonchev–Trinajstić information content (AvgIpc) is 2.73. The predicted octanol–water partition coefficient (Wildman–Crippen LogP) is 2.81. The van der Waals surface area contributed by atoms with Crippen molar-refractivity contribution < 1.29 is 9.34 Å². The van der Waals surface area contributed by atoms with Crippen LogP contribution in [0.2, 0.25) is 0 Å². The zero-order valence-electron chi connectivity index (χ0n) is 10.1. The first kappa shape index (κ1) is 12.1. The third kappa shape index (κ3) is 2.65. The molecule has 0 amide bonds. The fraction of sp³-hybridized carbons (Fsp3) is 0.250. The third-order valence-electron chi connectivity index (χ3n) is 2.45. The monoisotopic (exact) mass is 247 g/mol. The molecule has 0 atom stereocenters. The van der Waals surface area contributed by atoms with E-state index in [2.05, 4.69) is 10.3 Å². The Morgan fingerprint density at radius 3 is 2.83 bits per heavy atom. The van der Waals surface area contributed by atoms with Crippen molar-refractivity contribution in [2.75, 3.05) is 5.32 Å². The van der Waals surface area contributed by atoms with Gasteiger partial charge < -0.3 is 9.73 Å². The molecule has 0 fully saturated rings. The summed E-state index contributed by atoms with van der Waals surface area (Å²) in [5.74, 6) is 1.22. The Balaban J connectivity index is 2.16. The van der Waals surface area contributed by atoms with E-state index in [1.165, 1.54) is 6.07 Å². The summed E-state index contributed by atoms with van der Waals surface area (Å²) in [6.07, 6.45) is 1.61. The summed E-state index contributed by atoms with van der Waals surface area (Å²) in [6.45, 7) is 3.93. The van der Waals surface area contributed by atoms with Crippen molar-refractivity contribution in [2.45, 2.75) is 20.4 Å². The number of rotatable bonds is 4. The molecular weight excluding hydrogens is 234 g/mol. The maximum atomic E-state index is 10.9. The van der Waals surface area contributed by atoms with Crippen LogP contribution in [0.3, 0.4) is 0 Å². The van der Waals surface area contributed by atoms with E-state index >= 15 is 0 Å². The van der Waals surface area contributed by atoms with Gasteiger partial charge in [0.25, 0.3) is 5.69 Å². The first-order valence-electron chi connectivity index (χ1n) is 5.46. The summed E-state index contributed by atoms with van der Waals surface area (Å²) in [5.41, 5.74) is 1.36. The van der Waals surface area contributed by atoms with Gasteiger partial charge in [-0.05, 0) is 25.5 Å². The lowest BCUT2D eigenvalue weighted by molar-refractivity contribution is -0.384. The van der Waals surface area contributed by atoms with Gasteiger partial charge in [0, 0.05) is 6.07 Å². The second-order valence-corrected chi connectivity index (χ2v) is 4.00. The van der Waals surface area contributed by atoms with Crippen LogP contribution in [0.25, 0.3) is 0 Å². The molecule has 0 radical (unpaired) electrons. The summed E-state index contributed by atoms with van der Waals surface area (Å²) in [6, 6.07) is 5.03. The van der Waals surface area contributed by atoms with E-state index in [9.17, 15) is 10.1 Å². The summed E-state index contributed by atoms with van der Waals surface area (Å²) in [4.78, 5) is 14.5. The van der Waals surface area contributed by atoms with Gasteiger partial charge in [-0.15, -0.1) is 0 Å². The van der Waals surface area contributed by atoms with E-state index in [0.29, 0.717) is 23.9 Å². The molecule has 94 valence electrons. The minimum absolute atomic E-state index is 0.0540. The van der Waals surface area contributed by atoms with Gasteiger partial charge >= 0.3 is 0 Å². The molecule has 0 spiro atoms. The quantitative estimate of drug-likeness (QED) is 0.663. The molecule has 1 aromatic carbocycles. The van der Waals surface area contributed by atoms with Crippen LogP contribution in [0.1, 0.15) is 17.2 Å². The van der Waals surface area contributed by atoms with Gasteiger partial charge in [-0.2, -0.15) is 0 Å². The van der Waals surface area contributed by atoms with Crippen LogP contribution in [-0.4, -0.2) is 9.91 Å². The standard InChI is InChI=1S/C12H13N3O3/c1-8-3-4-10(11(5-8)15(16)17)13-7-12-14-6-9(2)18-12/h3-6,13H,7H2,1-2H3. The fourth-order valence-corrected chi connectivity index (χ4v) is 1.60. The fourth-order valence-electron chi connectivity index (χ4n) is 1.60. The summed E-state index contributed by atoms with van der Waals surface area (Å²) < 4.78 is 5.29. The number of nitro groups is 1. The number of nitrogens with zero attached hydrogens (tertiary/aromatic N) is 2. The highest BCUT2D eigenvalue weighted by molar-refractivity contribution is 5.62. The van der Waals surface area contributed by atoms with E-state index in [1.807, 2.05) is 13.0 Å². The van der Waals surface area contributed by atoms with Crippen molar-refractivity contribution >= 4 is 11.4 Å². The molecule has 0 unspecified atom stereocenters. The molecule has 1 N–H and O–H groups in total. The van der Waals surface area contributed by atoms with Crippen LogP contribution in [0.15, 0.2) is 28.8 Å². The molecule has 0 aliphatic carbocycles. The molecule has 6 heteroatoms. The topological polar surface area (TPSA) is 81.2 Å². The molecule has 0 aliphatic rings. The maximum absolute atomic E-state index is 10.9. The number of anilines is 1. The van der Waals surface area contributed by atoms with Crippen molar-refractivity contribution in [1.82, 2.24) is 4.98 Å². The van der Waals surface area contributed by atoms with Crippen molar-refractivity contribution in [2.24, 2.45) is 0 Å². The van der Waals surface area contributed by atoms with Gasteiger partial charge in [0.15, 0.2) is 0 Å². The Morgan fingerprint density at radius 2 is 2.22 bits per heavy atom. The largest absolute Gasteiger partial charge is 0.444 e. The van der Waals surface area contributed by atoms with Gasteiger partial charge in [-0.3, -0.25) is 10.1 Å². The molecular formula is C12H13N3O3. The second-order valence-electron chi connectivity index (χ2n) is 4.00. The van der Waals surface area contributed by atoms with E-state index in [0.717, 1.165) is 5.56 Å². The minimum atomic E-state index is -0.407.